The molecule has 2 heterocycles. The molecule has 2 aliphatic heterocycles. The molecule has 2 fully saturated rings. The Balaban J connectivity index is 1.32. The minimum atomic E-state index is -0.886. The zero-order chi connectivity index (χ0) is 58.7. The van der Waals surface area contributed by atoms with Crippen LogP contribution in [0, 0.1) is 35.5 Å². The Morgan fingerprint density at radius 1 is 0.810 bits per heavy atom. The number of carbonyl (C=O) groups excluding carboxylic acids is 8. The Hall–Kier alpha value is -5.17. The molecule has 440 valence electrons. The summed E-state index contributed by atoms with van der Waals surface area (Å²) >= 11 is 1.40. The number of carbonyl (C=O) groups is 8. The molecule has 11 atom stereocenters. The van der Waals surface area contributed by atoms with Gasteiger partial charge in [-0.15, -0.1) is 0 Å². The zero-order valence-corrected chi connectivity index (χ0v) is 50.3. The maximum absolute atomic E-state index is 14.8. The second kappa shape index (κ2) is 32.3. The van der Waals surface area contributed by atoms with E-state index < -0.39 is 48.3 Å². The highest BCUT2D eigenvalue weighted by molar-refractivity contribution is 8.00. The van der Waals surface area contributed by atoms with Gasteiger partial charge in [0.25, 0.3) is 0 Å². The molecule has 0 spiro atoms. The van der Waals surface area contributed by atoms with E-state index in [0.717, 1.165) is 24.1 Å². The second-order valence-corrected chi connectivity index (χ2v) is 23.7. The number of methoxy groups -OCH3 is 2. The number of unbranched alkanes of at least 4 members (excludes halogenated alkanes) is 2. The van der Waals surface area contributed by atoms with E-state index in [1.807, 2.05) is 92.0 Å². The summed E-state index contributed by atoms with van der Waals surface area (Å²) in [4.78, 5) is 114. The van der Waals surface area contributed by atoms with E-state index in [1.165, 1.54) is 28.6 Å². The summed E-state index contributed by atoms with van der Waals surface area (Å²) in [5.41, 5.74) is 2.17. The van der Waals surface area contributed by atoms with Gasteiger partial charge in [0, 0.05) is 84.6 Å². The highest BCUT2D eigenvalue weighted by Crippen LogP contribution is 2.33. The van der Waals surface area contributed by atoms with E-state index in [0.29, 0.717) is 50.8 Å². The molecule has 2 aromatic rings. The number of benzene rings is 2. The number of likely N-dealkylation sites (N-methyl/N-ethyl adjacent to an activating group) is 2. The van der Waals surface area contributed by atoms with E-state index in [9.17, 15) is 43.5 Å². The normalized spacial score (nSPS) is 19.1. The lowest BCUT2D eigenvalue weighted by molar-refractivity contribution is -0.149. The molecule has 0 aromatic heterocycles. The number of likely N-dealkylation sites (tertiary alicyclic amines) is 2. The van der Waals surface area contributed by atoms with Crippen LogP contribution < -0.4 is 5.32 Å². The maximum Gasteiger partial charge on any atom is 0.410 e. The number of amides is 5. The van der Waals surface area contributed by atoms with Crippen molar-refractivity contribution >= 4 is 64.5 Å². The lowest BCUT2D eigenvalue weighted by atomic mass is 9.83. The maximum atomic E-state index is 14.8. The number of aliphatic hydroxyl groups excluding tert-OH is 1. The molecule has 2 aromatic carbocycles. The first kappa shape index (κ1) is 66.3. The summed E-state index contributed by atoms with van der Waals surface area (Å²) in [5.74, 6) is -3.25. The zero-order valence-electron chi connectivity index (χ0n) is 49.4. The Bertz CT molecular complexity index is 2320. The average molecular weight is 1120 g/mol. The van der Waals surface area contributed by atoms with Gasteiger partial charge in [0.05, 0.1) is 54.7 Å². The predicted octanol–water partition coefficient (Wildman–Crippen LogP) is 8.79. The second-order valence-electron chi connectivity index (χ2n) is 22.7. The van der Waals surface area contributed by atoms with Crippen molar-refractivity contribution < 1.29 is 57.7 Å². The first-order valence-corrected chi connectivity index (χ1v) is 29.8. The molecule has 2 saturated heterocycles. The molecular formula is C61H93N5O12S. The Morgan fingerprint density at radius 2 is 1.48 bits per heavy atom. The first-order valence-electron chi connectivity index (χ1n) is 28.5. The lowest BCUT2D eigenvalue weighted by Gasteiger charge is -2.41. The van der Waals surface area contributed by atoms with Crippen LogP contribution in [-0.4, -0.2) is 162 Å². The highest BCUT2D eigenvalue weighted by Gasteiger charge is 2.44. The van der Waals surface area contributed by atoms with Crippen molar-refractivity contribution in [3.05, 3.63) is 65.7 Å². The summed E-state index contributed by atoms with van der Waals surface area (Å²) in [6, 6.07) is 14.7. The summed E-state index contributed by atoms with van der Waals surface area (Å²) in [6.07, 6.45) is 3.81. The van der Waals surface area contributed by atoms with Crippen LogP contribution in [0.15, 0.2) is 54.6 Å². The number of hydrogen-bond donors (Lipinski definition) is 2. The van der Waals surface area contributed by atoms with Crippen LogP contribution in [-0.2, 0) is 54.4 Å². The first-order chi connectivity index (χ1) is 37.5. The number of aliphatic hydroxyl groups is 1. The molecule has 17 nitrogen and oxygen atoms in total. The van der Waals surface area contributed by atoms with E-state index in [2.05, 4.69) is 5.32 Å². The minimum Gasteiger partial charge on any atom is -0.445 e. The number of ether oxygens (including phenoxy) is 3. The fourth-order valence-corrected chi connectivity index (χ4v) is 12.0. The minimum absolute atomic E-state index is 0.0216. The molecule has 79 heavy (non-hydrogen) atoms. The van der Waals surface area contributed by atoms with Gasteiger partial charge in [0.1, 0.15) is 12.4 Å². The number of hydrogen-bond acceptors (Lipinski definition) is 14. The van der Waals surface area contributed by atoms with Gasteiger partial charge in [0.15, 0.2) is 11.6 Å². The van der Waals surface area contributed by atoms with Crippen LogP contribution >= 0.6 is 11.8 Å². The summed E-state index contributed by atoms with van der Waals surface area (Å²) < 4.78 is 17.8. The SMILES string of the molecule is CC[C@H](C)[C@@H]([C@@H](CC(=O)N1CCC[C@H]1[C@H](OC)[C@@H](C)C(=O)CC(C)[C@@H](O)c1ccccc1)OC)N(C)C(=O)[C@@H](CC(=O)[C@H](C(C)C)N(C)C(=O)OCc1ccc(NCC(=O)CCCCCN2C(=O)CC(SC)C2=O)cc1)C(C)C. The average Bonchev–Trinajstić information content (AvgIpc) is 4.04. The van der Waals surface area contributed by atoms with Crippen LogP contribution in [0.25, 0.3) is 0 Å². The quantitative estimate of drug-likeness (QED) is 0.0496. The number of rotatable bonds is 34. The topological polar surface area (TPSA) is 209 Å². The number of ketones is 3. The third-order valence-corrected chi connectivity index (χ3v) is 17.3. The molecule has 0 radical (unpaired) electrons. The van der Waals surface area contributed by atoms with Gasteiger partial charge in [-0.3, -0.25) is 38.5 Å². The van der Waals surface area contributed by atoms with Crippen LogP contribution in [0.3, 0.4) is 0 Å². The summed E-state index contributed by atoms with van der Waals surface area (Å²) in [5, 5.41) is 13.8. The van der Waals surface area contributed by atoms with Gasteiger partial charge < -0.3 is 39.3 Å². The lowest BCUT2D eigenvalue weighted by Crippen LogP contribution is -2.54. The molecule has 5 amide bonds. The van der Waals surface area contributed by atoms with Crippen molar-refractivity contribution in [2.24, 2.45) is 35.5 Å². The van der Waals surface area contributed by atoms with Gasteiger partial charge in [-0.05, 0) is 78.9 Å². The van der Waals surface area contributed by atoms with E-state index in [1.54, 1.807) is 55.3 Å². The molecule has 0 aliphatic carbocycles. The van der Waals surface area contributed by atoms with Crippen molar-refractivity contribution in [1.82, 2.24) is 19.6 Å². The Labute approximate surface area is 474 Å². The Kier molecular flexibility index (Phi) is 27.1. The number of imide groups is 1. The molecule has 2 N–H and O–H groups in total. The molecular weight excluding hydrogens is 1030 g/mol. The predicted molar refractivity (Wildman–Crippen MR) is 308 cm³/mol. The van der Waals surface area contributed by atoms with Crippen molar-refractivity contribution in [1.29, 1.82) is 0 Å². The van der Waals surface area contributed by atoms with Crippen molar-refractivity contribution in [2.75, 3.05) is 59.5 Å². The largest absolute Gasteiger partial charge is 0.445 e. The van der Waals surface area contributed by atoms with Gasteiger partial charge in [-0.2, -0.15) is 11.8 Å². The number of anilines is 1. The summed E-state index contributed by atoms with van der Waals surface area (Å²) in [7, 11) is 6.34. The summed E-state index contributed by atoms with van der Waals surface area (Å²) in [6.45, 7) is 16.2. The van der Waals surface area contributed by atoms with Crippen LogP contribution in [0.1, 0.15) is 143 Å². The van der Waals surface area contributed by atoms with Gasteiger partial charge >= 0.3 is 6.09 Å². The Morgan fingerprint density at radius 3 is 2.06 bits per heavy atom. The van der Waals surface area contributed by atoms with E-state index >= 15 is 0 Å². The van der Waals surface area contributed by atoms with Crippen LogP contribution in [0.2, 0.25) is 0 Å². The van der Waals surface area contributed by atoms with Crippen molar-refractivity contribution in [3.63, 3.8) is 0 Å². The third-order valence-electron chi connectivity index (χ3n) is 16.4. The highest BCUT2D eigenvalue weighted by atomic mass is 32.2. The standard InChI is InChI=1S/C61H93N5O12S/c1-14-40(6)56(51(76-11)34-53(70)65-31-21-25-48(65)58(77-12)42(8)49(68)32-41(7)57(72)44-22-17-15-18-23-44)63(9)59(73)47(38(2)3)33-50(69)55(39(4)5)64(10)61(75)78-37-43-26-28-45(29-27-43)62-36-46(67)24-19-16-20-30-66-54(71)35-52(79-13)60(66)74/h15,17-18,22-23,26-29,38-42,47-48,51-52,55-58,62,72H,14,16,19-21,24-25,30-37H2,1-13H3/t40-,41?,42-,47-,48-,51+,52?,55-,56-,57+,58+/m0/s1. The number of thioether (sulfide) groups is 1. The van der Waals surface area contributed by atoms with Crippen LogP contribution in [0.5, 0.6) is 0 Å². The third kappa shape index (κ3) is 18.4. The van der Waals surface area contributed by atoms with Crippen molar-refractivity contribution in [2.45, 2.75) is 174 Å². The molecule has 4 rings (SSSR count). The molecule has 2 unspecified atom stereocenters. The van der Waals surface area contributed by atoms with Crippen LogP contribution in [0.4, 0.5) is 10.5 Å². The number of Topliss-reactive ketones (excluding diaryl/α,β-unsaturated/α-hetero) is 3. The molecule has 0 saturated carbocycles. The number of nitrogens with one attached hydrogen (secondary N) is 1. The number of nitrogens with zero attached hydrogens (tertiary/aromatic N) is 4. The molecule has 18 heteroatoms. The van der Waals surface area contributed by atoms with E-state index in [4.69, 9.17) is 14.2 Å². The van der Waals surface area contributed by atoms with Gasteiger partial charge in [-0.25, -0.2) is 4.79 Å². The fraction of sp³-hybridized carbons (Fsp3) is 0.672. The smallest absolute Gasteiger partial charge is 0.410 e. The van der Waals surface area contributed by atoms with E-state index in [-0.39, 0.29) is 115 Å². The van der Waals surface area contributed by atoms with Gasteiger partial charge in [0.2, 0.25) is 23.6 Å². The monoisotopic (exact) mass is 1120 g/mol. The van der Waals surface area contributed by atoms with Crippen molar-refractivity contribution in [3.8, 4) is 0 Å². The fourth-order valence-electron chi connectivity index (χ4n) is 11.4. The van der Waals surface area contributed by atoms with Gasteiger partial charge in [-0.1, -0.05) is 111 Å². The molecule has 2 aliphatic rings. The molecule has 0 bridgehead atoms.